The first-order chi connectivity index (χ1) is 21.7. The Kier molecular flexibility index (Phi) is 9.93. The highest BCUT2D eigenvalue weighted by Crippen LogP contribution is 2.57. The highest BCUT2D eigenvalue weighted by molar-refractivity contribution is 5.84. The Morgan fingerprint density at radius 3 is 2.40 bits per heavy atom. The number of fused-ring (bicyclic) bond motifs is 9. The summed E-state index contributed by atoms with van der Waals surface area (Å²) in [4.78, 5) is 13.6. The van der Waals surface area contributed by atoms with Gasteiger partial charge in [-0.25, -0.2) is 23.1 Å². The molecule has 5 aliphatic rings. The maximum atomic E-state index is 16.0. The Hall–Kier alpha value is -3.38. The monoisotopic (exact) mass is 620 g/mol. The van der Waals surface area contributed by atoms with Crippen LogP contribution >= 0.6 is 0 Å². The molecule has 2 fully saturated rings. The molecular weight excluding hydrogens is 573 g/mol. The molecule has 1 saturated carbocycles. The van der Waals surface area contributed by atoms with Gasteiger partial charge in [0.2, 0.25) is 0 Å². The van der Waals surface area contributed by atoms with Crippen molar-refractivity contribution in [1.29, 1.82) is 5.26 Å². The Morgan fingerprint density at radius 1 is 1.00 bits per heavy atom. The van der Waals surface area contributed by atoms with Crippen molar-refractivity contribution in [3.8, 4) is 6.07 Å². The number of piperidine rings is 1. The molecule has 9 heteroatoms. The summed E-state index contributed by atoms with van der Waals surface area (Å²) >= 11 is 0. The van der Waals surface area contributed by atoms with Crippen molar-refractivity contribution < 1.29 is 13.2 Å². The predicted octanol–water partition coefficient (Wildman–Crippen LogP) is 8.99. The quantitative estimate of drug-likeness (QED) is 0.343. The number of alkyl halides is 2. The van der Waals surface area contributed by atoms with Gasteiger partial charge in [0, 0.05) is 23.2 Å². The van der Waals surface area contributed by atoms with E-state index in [1.807, 2.05) is 19.9 Å². The summed E-state index contributed by atoms with van der Waals surface area (Å²) in [6, 6.07) is 6.27. The van der Waals surface area contributed by atoms with Crippen molar-refractivity contribution in [2.45, 2.75) is 103 Å². The van der Waals surface area contributed by atoms with E-state index in [9.17, 15) is 5.26 Å². The number of nitrogens with one attached hydrogen (secondary N) is 1. The number of benzene rings is 1. The molecule has 0 spiro atoms. The van der Waals surface area contributed by atoms with Crippen LogP contribution in [0, 0.1) is 28.5 Å². The van der Waals surface area contributed by atoms with Crippen LogP contribution in [0.5, 0.6) is 0 Å². The second kappa shape index (κ2) is 13.5. The van der Waals surface area contributed by atoms with Gasteiger partial charge in [-0.15, -0.1) is 0 Å². The van der Waals surface area contributed by atoms with Gasteiger partial charge >= 0.3 is 0 Å². The second-order valence-corrected chi connectivity index (χ2v) is 12.9. The van der Waals surface area contributed by atoms with Gasteiger partial charge in [-0.05, 0) is 83.7 Å². The highest BCUT2D eigenvalue weighted by atomic mass is 19.3. The van der Waals surface area contributed by atoms with Crippen LogP contribution in [0.3, 0.4) is 0 Å². The third-order valence-corrected chi connectivity index (χ3v) is 10.1. The molecule has 0 radical (unpaired) electrons. The number of rotatable bonds is 1. The molecule has 45 heavy (non-hydrogen) atoms. The molecule has 8 bridgehead atoms. The summed E-state index contributed by atoms with van der Waals surface area (Å²) in [5.41, 5.74) is 1.42. The lowest BCUT2D eigenvalue weighted by molar-refractivity contribution is -0.0880. The molecule has 1 aromatic carbocycles. The zero-order valence-corrected chi connectivity index (χ0v) is 27.2. The van der Waals surface area contributed by atoms with Gasteiger partial charge in [-0.2, -0.15) is 5.26 Å². The van der Waals surface area contributed by atoms with Gasteiger partial charge in [0.15, 0.2) is 0 Å². The lowest BCUT2D eigenvalue weighted by Gasteiger charge is -2.38. The summed E-state index contributed by atoms with van der Waals surface area (Å²) in [7, 11) is 0. The lowest BCUT2D eigenvalue weighted by atomic mass is 9.85. The smallest absolute Gasteiger partial charge is 0.278 e. The number of allylic oxidation sites excluding steroid dienone is 1. The molecule has 6 nitrogen and oxygen atoms in total. The van der Waals surface area contributed by atoms with E-state index in [1.54, 1.807) is 13.0 Å². The zero-order valence-electron chi connectivity index (χ0n) is 27.2. The van der Waals surface area contributed by atoms with Crippen molar-refractivity contribution in [3.63, 3.8) is 0 Å². The number of aromatic nitrogens is 2. The third kappa shape index (κ3) is 6.36. The summed E-state index contributed by atoms with van der Waals surface area (Å²) in [6.07, 6.45) is 10.8. The molecule has 4 aliphatic heterocycles. The summed E-state index contributed by atoms with van der Waals surface area (Å²) in [6.45, 7) is 14.5. The molecule has 1 unspecified atom stereocenters. The minimum absolute atomic E-state index is 0.0918. The predicted molar refractivity (Wildman–Crippen MR) is 174 cm³/mol. The van der Waals surface area contributed by atoms with E-state index in [2.05, 4.69) is 44.7 Å². The Bertz CT molecular complexity index is 1450. The summed E-state index contributed by atoms with van der Waals surface area (Å²) in [5.74, 6) is -3.86. The van der Waals surface area contributed by atoms with Crippen LogP contribution in [0.15, 0.2) is 42.4 Å². The van der Waals surface area contributed by atoms with Crippen molar-refractivity contribution in [1.82, 2.24) is 14.9 Å². The number of hydrogen-bond donors (Lipinski definition) is 1. The topological polar surface area (TPSA) is 68.1 Å². The first kappa shape index (κ1) is 33.0. The molecule has 242 valence electrons. The Balaban J connectivity index is 0.00000196. The van der Waals surface area contributed by atoms with Gasteiger partial charge in [0.1, 0.15) is 23.8 Å². The SMILES string of the molecule is C=C1C(C2(C#N)CC2)=Cc2c3ncnc2N1C(C)CCCCCCN1CCC(CC1)C(F)(F)c1cccc(c1F)[C@@H](C)N3.CC. The van der Waals surface area contributed by atoms with E-state index < -0.39 is 34.7 Å². The van der Waals surface area contributed by atoms with E-state index in [1.165, 1.54) is 18.5 Å². The number of nitriles is 1. The number of hydrogen-bond acceptors (Lipinski definition) is 6. The maximum Gasteiger partial charge on any atom is 0.278 e. The van der Waals surface area contributed by atoms with Gasteiger partial charge in [0.05, 0.1) is 28.7 Å². The van der Waals surface area contributed by atoms with Crippen molar-refractivity contribution in [2.75, 3.05) is 29.9 Å². The van der Waals surface area contributed by atoms with Crippen LogP contribution < -0.4 is 10.2 Å². The zero-order chi connectivity index (χ0) is 32.4. The van der Waals surface area contributed by atoms with Gasteiger partial charge in [-0.1, -0.05) is 57.9 Å². The van der Waals surface area contributed by atoms with Crippen LogP contribution in [0.4, 0.5) is 24.8 Å². The molecule has 1 saturated heterocycles. The maximum absolute atomic E-state index is 16.0. The number of halogens is 3. The van der Waals surface area contributed by atoms with Gasteiger partial charge in [0.25, 0.3) is 5.92 Å². The van der Waals surface area contributed by atoms with Crippen LogP contribution in [-0.2, 0) is 5.92 Å². The van der Waals surface area contributed by atoms with Crippen molar-refractivity contribution in [2.24, 2.45) is 11.3 Å². The van der Waals surface area contributed by atoms with E-state index >= 15 is 13.2 Å². The van der Waals surface area contributed by atoms with Crippen LogP contribution in [0.25, 0.3) is 6.08 Å². The average Bonchev–Trinajstić information content (AvgIpc) is 3.84. The van der Waals surface area contributed by atoms with E-state index in [0.29, 0.717) is 43.1 Å². The van der Waals surface area contributed by atoms with Crippen LogP contribution in [0.1, 0.15) is 108 Å². The molecule has 7 rings (SSSR count). The van der Waals surface area contributed by atoms with E-state index in [-0.39, 0.29) is 11.6 Å². The standard InChI is InChI=1S/C34H41F3N6.C2H6/c1-22-9-6-4-5-7-16-42-17-12-25(13-18-42)34(36,37)28-11-8-10-26(30(28)35)23(2)41-31-27-19-29(33(20-38)14-15-33)24(3)43(22)32(27)40-21-39-31;1-2/h8,10-11,19,21-23,25H,3-7,9,12-18H2,1-2H3,(H,39,40,41);1-2H3/t22?,23-;/m1./s1. The van der Waals surface area contributed by atoms with Crippen molar-refractivity contribution >= 4 is 17.7 Å². The fraction of sp³-hybridized carbons (Fsp3) is 0.583. The third-order valence-electron chi connectivity index (χ3n) is 10.1. The van der Waals surface area contributed by atoms with Crippen LogP contribution in [-0.4, -0.2) is 40.5 Å². The number of nitrogens with zero attached hydrogens (tertiary/aromatic N) is 5. The number of anilines is 2. The minimum atomic E-state index is -3.26. The van der Waals surface area contributed by atoms with E-state index in [0.717, 1.165) is 62.8 Å². The summed E-state index contributed by atoms with van der Waals surface area (Å²) in [5, 5.41) is 13.4. The molecule has 1 N–H and O–H groups in total. The summed E-state index contributed by atoms with van der Waals surface area (Å²) < 4.78 is 47.7. The molecule has 0 amide bonds. The highest BCUT2D eigenvalue weighted by Gasteiger charge is 2.50. The second-order valence-electron chi connectivity index (χ2n) is 12.9. The Morgan fingerprint density at radius 2 is 1.71 bits per heavy atom. The molecular formula is C36H47F3N6. The van der Waals surface area contributed by atoms with Gasteiger partial charge in [-0.3, -0.25) is 0 Å². The van der Waals surface area contributed by atoms with Crippen molar-refractivity contribution in [3.05, 3.63) is 64.9 Å². The molecule has 2 atom stereocenters. The molecule has 2 aromatic rings. The average molecular weight is 621 g/mol. The first-order valence-electron chi connectivity index (χ1n) is 16.8. The molecule has 5 heterocycles. The lowest BCUT2D eigenvalue weighted by Crippen LogP contribution is -2.40. The fourth-order valence-corrected chi connectivity index (χ4v) is 7.19. The van der Waals surface area contributed by atoms with Gasteiger partial charge < -0.3 is 15.1 Å². The van der Waals surface area contributed by atoms with E-state index in [4.69, 9.17) is 0 Å². The Labute approximate surface area is 266 Å². The normalized spacial score (nSPS) is 27.5. The molecule has 1 aliphatic carbocycles. The first-order valence-corrected chi connectivity index (χ1v) is 16.8. The van der Waals surface area contributed by atoms with Crippen LogP contribution in [0.2, 0.25) is 0 Å². The fourth-order valence-electron chi connectivity index (χ4n) is 7.19. The molecule has 1 aromatic heterocycles. The largest absolute Gasteiger partial charge is 0.363 e. The minimum Gasteiger partial charge on any atom is -0.363 e.